The normalized spacial score (nSPS) is 20.2. The highest BCUT2D eigenvalue weighted by atomic mass is 16.6. The van der Waals surface area contributed by atoms with Crippen molar-refractivity contribution in [1.82, 2.24) is 5.32 Å². The van der Waals surface area contributed by atoms with Crippen molar-refractivity contribution in [3.63, 3.8) is 0 Å². The minimum atomic E-state index is -0.839. The van der Waals surface area contributed by atoms with Crippen LogP contribution in [0.3, 0.4) is 0 Å². The first-order valence-corrected chi connectivity index (χ1v) is 11.7. The van der Waals surface area contributed by atoms with Crippen LogP contribution in [-0.2, 0) is 9.47 Å². The van der Waals surface area contributed by atoms with Gasteiger partial charge in [0.2, 0.25) is 5.75 Å². The largest absolute Gasteiger partial charge is 0.450 e. The molecule has 3 unspecified atom stereocenters. The smallest absolute Gasteiger partial charge is 0.408 e. The summed E-state index contributed by atoms with van der Waals surface area (Å²) in [6.07, 6.45) is -2.18. The summed E-state index contributed by atoms with van der Waals surface area (Å²) in [5.41, 5.74) is 2.35. The standard InChI is InChI=1S/C27H28N2O7/c1-17(35-27(31)28-23-14-15-34-18(2)26(23)30)21-10-13-24(29(32)33)25(16-21)36-22-11-8-20(9-12-22)19-6-4-3-5-7-19/h3-13,16-18,23,26,30H,14-15H2,1-2H3,(H,28,31)/t17?,18-,23?,26?/m0/s1. The van der Waals surface area contributed by atoms with Gasteiger partial charge in [-0.15, -0.1) is 0 Å². The Kier molecular flexibility index (Phi) is 7.82. The lowest BCUT2D eigenvalue weighted by Crippen LogP contribution is -2.52. The molecule has 9 nitrogen and oxygen atoms in total. The Morgan fingerprint density at radius 3 is 2.50 bits per heavy atom. The van der Waals surface area contributed by atoms with Crippen molar-refractivity contribution in [2.45, 2.75) is 44.6 Å². The van der Waals surface area contributed by atoms with Crippen LogP contribution in [-0.4, -0.2) is 41.0 Å². The monoisotopic (exact) mass is 492 g/mol. The van der Waals surface area contributed by atoms with E-state index < -0.39 is 35.4 Å². The molecule has 3 aromatic carbocycles. The van der Waals surface area contributed by atoms with Crippen molar-refractivity contribution in [2.75, 3.05) is 6.61 Å². The van der Waals surface area contributed by atoms with Crippen LogP contribution in [0.1, 0.15) is 31.9 Å². The van der Waals surface area contributed by atoms with Crippen molar-refractivity contribution in [3.05, 3.63) is 88.5 Å². The second-order valence-corrected chi connectivity index (χ2v) is 8.63. The van der Waals surface area contributed by atoms with Gasteiger partial charge in [-0.25, -0.2) is 4.79 Å². The Bertz CT molecular complexity index is 1200. The third-order valence-corrected chi connectivity index (χ3v) is 6.13. The van der Waals surface area contributed by atoms with Gasteiger partial charge in [0.15, 0.2) is 0 Å². The van der Waals surface area contributed by atoms with E-state index in [1.165, 1.54) is 18.2 Å². The molecule has 1 saturated heterocycles. The maximum Gasteiger partial charge on any atom is 0.408 e. The predicted molar refractivity (Wildman–Crippen MR) is 133 cm³/mol. The van der Waals surface area contributed by atoms with E-state index in [1.807, 2.05) is 42.5 Å². The number of nitro benzene ring substituents is 1. The molecule has 3 aromatic rings. The van der Waals surface area contributed by atoms with E-state index >= 15 is 0 Å². The van der Waals surface area contributed by atoms with Gasteiger partial charge in [0, 0.05) is 12.7 Å². The number of hydrogen-bond acceptors (Lipinski definition) is 7. The molecular formula is C27H28N2O7. The fraction of sp³-hybridized carbons (Fsp3) is 0.296. The molecule has 0 radical (unpaired) electrons. The molecule has 1 aliphatic heterocycles. The molecule has 0 bridgehead atoms. The number of benzene rings is 3. The molecule has 1 heterocycles. The lowest BCUT2D eigenvalue weighted by atomic mass is 10.0. The van der Waals surface area contributed by atoms with Gasteiger partial charge >= 0.3 is 11.8 Å². The van der Waals surface area contributed by atoms with Gasteiger partial charge in [0.05, 0.1) is 17.1 Å². The van der Waals surface area contributed by atoms with Crippen molar-refractivity contribution < 1.29 is 29.0 Å². The lowest BCUT2D eigenvalue weighted by molar-refractivity contribution is -0.385. The van der Waals surface area contributed by atoms with Crippen LogP contribution in [0, 0.1) is 10.1 Å². The third-order valence-electron chi connectivity index (χ3n) is 6.13. The number of carbonyl (C=O) groups excluding carboxylic acids is 1. The maximum absolute atomic E-state index is 12.4. The molecule has 9 heteroatoms. The van der Waals surface area contributed by atoms with Crippen molar-refractivity contribution in [2.24, 2.45) is 0 Å². The summed E-state index contributed by atoms with van der Waals surface area (Å²) in [4.78, 5) is 23.5. The molecular weight excluding hydrogens is 464 g/mol. The highest BCUT2D eigenvalue weighted by Gasteiger charge is 2.31. The van der Waals surface area contributed by atoms with E-state index in [9.17, 15) is 20.0 Å². The zero-order chi connectivity index (χ0) is 25.7. The van der Waals surface area contributed by atoms with Crippen molar-refractivity contribution >= 4 is 11.8 Å². The fourth-order valence-corrected chi connectivity index (χ4v) is 4.04. The summed E-state index contributed by atoms with van der Waals surface area (Å²) in [5, 5.41) is 24.5. The predicted octanol–water partition coefficient (Wildman–Crippen LogP) is 5.38. The molecule has 4 atom stereocenters. The molecule has 2 N–H and O–H groups in total. The summed E-state index contributed by atoms with van der Waals surface area (Å²) in [6.45, 7) is 3.82. The third kappa shape index (κ3) is 5.99. The number of ether oxygens (including phenoxy) is 3. The van der Waals surface area contributed by atoms with Gasteiger partial charge in [-0.1, -0.05) is 42.5 Å². The number of aliphatic hydroxyl groups excluding tert-OH is 1. The number of nitrogens with one attached hydrogen (secondary N) is 1. The number of carbonyl (C=O) groups is 1. The zero-order valence-corrected chi connectivity index (χ0v) is 20.0. The first kappa shape index (κ1) is 25.2. The molecule has 0 spiro atoms. The first-order valence-electron chi connectivity index (χ1n) is 11.7. The quantitative estimate of drug-likeness (QED) is 0.336. The van der Waals surface area contributed by atoms with Crippen LogP contribution in [0.2, 0.25) is 0 Å². The highest BCUT2D eigenvalue weighted by molar-refractivity contribution is 5.68. The van der Waals surface area contributed by atoms with E-state index in [0.717, 1.165) is 11.1 Å². The summed E-state index contributed by atoms with van der Waals surface area (Å²) in [7, 11) is 0. The molecule has 4 rings (SSSR count). The number of nitro groups is 1. The minimum absolute atomic E-state index is 0.0366. The van der Waals surface area contributed by atoms with E-state index in [0.29, 0.717) is 24.3 Å². The SMILES string of the molecule is CC(OC(=O)NC1CCO[C@@H](C)C1O)c1ccc([N+](=O)[O-])c(Oc2ccc(-c3ccccc3)cc2)c1. The Labute approximate surface area is 208 Å². The van der Waals surface area contributed by atoms with Gasteiger partial charge < -0.3 is 24.6 Å². The van der Waals surface area contributed by atoms with Gasteiger partial charge in [-0.3, -0.25) is 10.1 Å². The topological polar surface area (TPSA) is 120 Å². The molecule has 188 valence electrons. The van der Waals surface area contributed by atoms with Gasteiger partial charge in [-0.05, 0) is 61.2 Å². The Hall–Kier alpha value is -3.95. The van der Waals surface area contributed by atoms with Crippen LogP contribution in [0.5, 0.6) is 11.5 Å². The second-order valence-electron chi connectivity index (χ2n) is 8.63. The maximum atomic E-state index is 12.4. The lowest BCUT2D eigenvalue weighted by Gasteiger charge is -2.33. The molecule has 36 heavy (non-hydrogen) atoms. The summed E-state index contributed by atoms with van der Waals surface area (Å²) in [5.74, 6) is 0.471. The molecule has 0 saturated carbocycles. The van der Waals surface area contributed by atoms with E-state index in [-0.39, 0.29) is 11.4 Å². The minimum Gasteiger partial charge on any atom is -0.450 e. The molecule has 0 aromatic heterocycles. The number of amides is 1. The molecule has 0 aliphatic carbocycles. The average Bonchev–Trinajstić information content (AvgIpc) is 2.87. The van der Waals surface area contributed by atoms with Crippen LogP contribution >= 0.6 is 0 Å². The molecule has 1 amide bonds. The van der Waals surface area contributed by atoms with Crippen LogP contribution < -0.4 is 10.1 Å². The molecule has 1 aliphatic rings. The fourth-order valence-electron chi connectivity index (χ4n) is 4.04. The van der Waals surface area contributed by atoms with Crippen molar-refractivity contribution in [3.8, 4) is 22.6 Å². The van der Waals surface area contributed by atoms with Crippen LogP contribution in [0.15, 0.2) is 72.8 Å². The Balaban J connectivity index is 1.46. The summed E-state index contributed by atoms with van der Waals surface area (Å²) < 4.78 is 16.7. The average molecular weight is 493 g/mol. The zero-order valence-electron chi connectivity index (χ0n) is 20.0. The van der Waals surface area contributed by atoms with E-state index in [2.05, 4.69) is 5.32 Å². The number of alkyl carbamates (subject to hydrolysis) is 1. The number of aliphatic hydroxyl groups is 1. The first-order chi connectivity index (χ1) is 17.3. The van der Waals surface area contributed by atoms with Crippen LogP contribution in [0.4, 0.5) is 10.5 Å². The van der Waals surface area contributed by atoms with Crippen molar-refractivity contribution in [1.29, 1.82) is 0 Å². The number of hydrogen-bond donors (Lipinski definition) is 2. The number of rotatable bonds is 7. The summed E-state index contributed by atoms with van der Waals surface area (Å²) in [6, 6.07) is 20.9. The molecule has 1 fully saturated rings. The summed E-state index contributed by atoms with van der Waals surface area (Å²) >= 11 is 0. The van der Waals surface area contributed by atoms with E-state index in [4.69, 9.17) is 14.2 Å². The van der Waals surface area contributed by atoms with Gasteiger partial charge in [0.25, 0.3) is 0 Å². The second kappa shape index (κ2) is 11.2. The Morgan fingerprint density at radius 1 is 1.11 bits per heavy atom. The van der Waals surface area contributed by atoms with Crippen LogP contribution in [0.25, 0.3) is 11.1 Å². The van der Waals surface area contributed by atoms with Gasteiger partial charge in [-0.2, -0.15) is 0 Å². The Morgan fingerprint density at radius 2 is 1.81 bits per heavy atom. The van der Waals surface area contributed by atoms with Gasteiger partial charge in [0.1, 0.15) is 18.0 Å². The van der Waals surface area contributed by atoms with E-state index in [1.54, 1.807) is 26.0 Å². The number of nitrogens with zero attached hydrogens (tertiary/aromatic N) is 1. The highest BCUT2D eigenvalue weighted by Crippen LogP contribution is 2.35.